The van der Waals surface area contributed by atoms with Crippen molar-refractivity contribution in [2.45, 2.75) is 12.6 Å². The molecule has 0 saturated heterocycles. The predicted octanol–water partition coefficient (Wildman–Crippen LogP) is 0.0249. The van der Waals surface area contributed by atoms with E-state index in [1.807, 2.05) is 24.3 Å². The number of hydrogen-bond acceptors (Lipinski definition) is 3. The van der Waals surface area contributed by atoms with Crippen LogP contribution < -0.4 is 4.90 Å². The fraction of sp³-hybridized carbons (Fsp3) is 0.368. The Bertz CT molecular complexity index is 740. The second-order valence-corrected chi connectivity index (χ2v) is 6.20. The highest BCUT2D eigenvalue weighted by Gasteiger charge is 2.17. The predicted molar refractivity (Wildman–Crippen MR) is 95.2 cm³/mol. The van der Waals surface area contributed by atoms with Crippen molar-refractivity contribution in [1.82, 2.24) is 4.57 Å². The molecule has 1 atom stereocenters. The summed E-state index contributed by atoms with van der Waals surface area (Å²) in [5, 5.41) is 31.2. The molecule has 0 unspecified atom stereocenters. The normalized spacial score (nSPS) is 13.2. The molecule has 5 nitrogen and oxygen atoms in total. The van der Waals surface area contributed by atoms with E-state index in [1.54, 1.807) is 0 Å². The number of hydrogen-bond donors (Lipinski definition) is 4. The van der Waals surface area contributed by atoms with Crippen LogP contribution in [0.3, 0.4) is 0 Å². The van der Waals surface area contributed by atoms with Crippen LogP contribution in [0, 0.1) is 0 Å². The van der Waals surface area contributed by atoms with Crippen LogP contribution in [-0.4, -0.2) is 58.8 Å². The molecule has 1 aromatic heterocycles. The summed E-state index contributed by atoms with van der Waals surface area (Å²) < 4.78 is 2.16. The third kappa shape index (κ3) is 3.44. The van der Waals surface area contributed by atoms with Crippen LogP contribution in [0.15, 0.2) is 48.5 Å². The van der Waals surface area contributed by atoms with Gasteiger partial charge in [0.25, 0.3) is 0 Å². The number of rotatable bonds is 8. The summed E-state index contributed by atoms with van der Waals surface area (Å²) in [5.74, 6) is 0. The van der Waals surface area contributed by atoms with Crippen molar-refractivity contribution in [2.75, 3.05) is 32.8 Å². The minimum atomic E-state index is -0.544. The first-order valence-corrected chi connectivity index (χ1v) is 8.44. The zero-order valence-corrected chi connectivity index (χ0v) is 13.7. The molecule has 3 rings (SSSR count). The molecule has 0 spiro atoms. The van der Waals surface area contributed by atoms with Crippen LogP contribution >= 0.6 is 0 Å². The van der Waals surface area contributed by atoms with E-state index in [2.05, 4.69) is 28.8 Å². The van der Waals surface area contributed by atoms with Crippen LogP contribution in [0.25, 0.3) is 21.8 Å². The van der Waals surface area contributed by atoms with Crippen molar-refractivity contribution < 1.29 is 20.2 Å². The van der Waals surface area contributed by atoms with Gasteiger partial charge in [-0.1, -0.05) is 36.4 Å². The van der Waals surface area contributed by atoms with Gasteiger partial charge >= 0.3 is 0 Å². The van der Waals surface area contributed by atoms with Crippen molar-refractivity contribution in [3.05, 3.63) is 48.5 Å². The standard InChI is InChI=1S/C19H24N2O3/c22-11-9-20(10-12-23)13-15(24)14-21-18-7-3-1-5-16(18)17-6-2-4-8-19(17)21/h1-8,15,22-24H,9-14H2/p+1/t15-/m1/s1. The molecule has 1 heterocycles. The Morgan fingerprint density at radius 1 is 0.833 bits per heavy atom. The van der Waals surface area contributed by atoms with E-state index in [0.717, 1.165) is 15.9 Å². The fourth-order valence-electron chi connectivity index (χ4n) is 3.45. The Morgan fingerprint density at radius 2 is 1.33 bits per heavy atom. The summed E-state index contributed by atoms with van der Waals surface area (Å²) in [7, 11) is 0. The zero-order valence-electron chi connectivity index (χ0n) is 13.7. The van der Waals surface area contributed by atoms with Gasteiger partial charge in [0.15, 0.2) is 0 Å². The SMILES string of the molecule is OCC[NH+](CCO)C[C@@H](O)Cn1c2ccccc2c2ccccc21. The number of aliphatic hydroxyl groups excluding tert-OH is 3. The zero-order chi connectivity index (χ0) is 16.9. The Balaban J connectivity index is 1.88. The molecule has 2 aromatic carbocycles. The van der Waals surface area contributed by atoms with Crippen LogP contribution in [-0.2, 0) is 6.54 Å². The van der Waals surface area contributed by atoms with E-state index in [-0.39, 0.29) is 13.2 Å². The minimum absolute atomic E-state index is 0.0530. The Hall–Kier alpha value is -1.92. The van der Waals surface area contributed by atoms with Gasteiger partial charge < -0.3 is 24.8 Å². The average molecular weight is 329 g/mol. The number of aromatic nitrogens is 1. The number of nitrogens with one attached hydrogen (secondary N) is 1. The number of fused-ring (bicyclic) bond motifs is 3. The number of quaternary nitrogens is 1. The Morgan fingerprint density at radius 3 is 1.83 bits per heavy atom. The van der Waals surface area contributed by atoms with E-state index in [1.165, 1.54) is 10.8 Å². The highest BCUT2D eigenvalue weighted by Crippen LogP contribution is 2.28. The fourth-order valence-corrected chi connectivity index (χ4v) is 3.45. The summed E-state index contributed by atoms with van der Waals surface area (Å²) in [5.41, 5.74) is 2.23. The molecule has 0 amide bonds. The second kappa shape index (κ2) is 7.77. The lowest BCUT2D eigenvalue weighted by Crippen LogP contribution is -3.14. The summed E-state index contributed by atoms with van der Waals surface area (Å²) in [6, 6.07) is 16.5. The van der Waals surface area contributed by atoms with Crippen molar-refractivity contribution in [3.8, 4) is 0 Å². The monoisotopic (exact) mass is 329 g/mol. The van der Waals surface area contributed by atoms with E-state index in [0.29, 0.717) is 26.2 Å². The lowest BCUT2D eigenvalue weighted by atomic mass is 10.2. The number of aliphatic hydroxyl groups is 3. The average Bonchev–Trinajstić information content (AvgIpc) is 2.90. The molecule has 0 radical (unpaired) electrons. The first-order valence-electron chi connectivity index (χ1n) is 8.44. The first-order chi connectivity index (χ1) is 11.7. The lowest BCUT2D eigenvalue weighted by molar-refractivity contribution is -0.904. The summed E-state index contributed by atoms with van der Waals surface area (Å²) in [4.78, 5) is 1.01. The molecule has 0 fully saturated rings. The lowest BCUT2D eigenvalue weighted by Gasteiger charge is -2.21. The summed E-state index contributed by atoms with van der Waals surface area (Å²) >= 11 is 0. The topological polar surface area (TPSA) is 70.1 Å². The Kier molecular flexibility index (Phi) is 5.48. The van der Waals surface area contributed by atoms with Gasteiger partial charge in [-0.05, 0) is 12.1 Å². The molecule has 128 valence electrons. The molecule has 5 heteroatoms. The third-order valence-corrected chi connectivity index (χ3v) is 4.53. The van der Waals surface area contributed by atoms with Gasteiger partial charge in [0.1, 0.15) is 25.7 Å². The van der Waals surface area contributed by atoms with Crippen LogP contribution in [0.5, 0.6) is 0 Å². The van der Waals surface area contributed by atoms with Crippen molar-refractivity contribution >= 4 is 21.8 Å². The number of nitrogens with zero attached hydrogens (tertiary/aromatic N) is 1. The molecule has 0 saturated carbocycles. The van der Waals surface area contributed by atoms with Gasteiger partial charge in [-0.2, -0.15) is 0 Å². The Labute approximate surface area is 141 Å². The highest BCUT2D eigenvalue weighted by atomic mass is 16.3. The molecule has 3 aromatic rings. The van der Waals surface area contributed by atoms with Crippen molar-refractivity contribution in [2.24, 2.45) is 0 Å². The quantitative estimate of drug-likeness (QED) is 0.471. The van der Waals surface area contributed by atoms with Gasteiger partial charge in [-0.15, -0.1) is 0 Å². The molecule has 24 heavy (non-hydrogen) atoms. The number of benzene rings is 2. The summed E-state index contributed by atoms with van der Waals surface area (Å²) in [6.45, 7) is 2.17. The maximum absolute atomic E-state index is 10.6. The number of para-hydroxylation sites is 2. The molecule has 0 aliphatic heterocycles. The second-order valence-electron chi connectivity index (χ2n) is 6.20. The summed E-state index contributed by atoms with van der Waals surface area (Å²) in [6.07, 6.45) is -0.544. The minimum Gasteiger partial charge on any atom is -0.391 e. The van der Waals surface area contributed by atoms with Crippen LogP contribution in [0.2, 0.25) is 0 Å². The third-order valence-electron chi connectivity index (χ3n) is 4.53. The van der Waals surface area contributed by atoms with E-state index in [9.17, 15) is 5.11 Å². The molecular formula is C19H25N2O3+. The van der Waals surface area contributed by atoms with E-state index in [4.69, 9.17) is 10.2 Å². The van der Waals surface area contributed by atoms with Crippen molar-refractivity contribution in [3.63, 3.8) is 0 Å². The van der Waals surface area contributed by atoms with Crippen LogP contribution in [0.4, 0.5) is 0 Å². The van der Waals surface area contributed by atoms with Crippen molar-refractivity contribution in [1.29, 1.82) is 0 Å². The smallest absolute Gasteiger partial charge is 0.121 e. The van der Waals surface area contributed by atoms with Gasteiger partial charge in [-0.3, -0.25) is 0 Å². The van der Waals surface area contributed by atoms with Gasteiger partial charge in [0.2, 0.25) is 0 Å². The van der Waals surface area contributed by atoms with Gasteiger partial charge in [0.05, 0.1) is 19.8 Å². The molecule has 4 N–H and O–H groups in total. The largest absolute Gasteiger partial charge is 0.391 e. The maximum atomic E-state index is 10.6. The van der Waals surface area contributed by atoms with E-state index < -0.39 is 6.10 Å². The van der Waals surface area contributed by atoms with Gasteiger partial charge in [-0.25, -0.2) is 0 Å². The maximum Gasteiger partial charge on any atom is 0.121 e. The van der Waals surface area contributed by atoms with E-state index >= 15 is 0 Å². The van der Waals surface area contributed by atoms with Gasteiger partial charge in [0, 0.05) is 21.8 Å². The molecular weight excluding hydrogens is 304 g/mol. The molecule has 0 aliphatic rings. The highest BCUT2D eigenvalue weighted by molar-refractivity contribution is 6.07. The molecule has 0 aliphatic carbocycles. The first kappa shape index (κ1) is 16.9. The molecule has 0 bridgehead atoms. The van der Waals surface area contributed by atoms with Crippen LogP contribution in [0.1, 0.15) is 0 Å².